The van der Waals surface area contributed by atoms with Gasteiger partial charge in [0.25, 0.3) is 0 Å². The molecule has 1 atom stereocenters. The first kappa shape index (κ1) is 26.1. The first-order valence-electron chi connectivity index (χ1n) is 12.0. The molecule has 2 aromatic carbocycles. The van der Waals surface area contributed by atoms with Gasteiger partial charge in [0.15, 0.2) is 0 Å². The van der Waals surface area contributed by atoms with Gasteiger partial charge in [-0.3, -0.25) is 23.4 Å². The molecule has 0 bridgehead atoms. The van der Waals surface area contributed by atoms with Crippen LogP contribution in [0, 0.1) is 11.7 Å². The number of carbonyl (C=O) groups excluding carboxylic acids is 2. The van der Waals surface area contributed by atoms with Crippen molar-refractivity contribution in [2.24, 2.45) is 5.92 Å². The van der Waals surface area contributed by atoms with E-state index in [1.165, 1.54) is 12.1 Å². The van der Waals surface area contributed by atoms with E-state index < -0.39 is 34.3 Å². The highest BCUT2D eigenvalue weighted by molar-refractivity contribution is 8.24. The molecule has 0 aliphatic carbocycles. The van der Waals surface area contributed by atoms with Gasteiger partial charge in [-0.2, -0.15) is 15.7 Å². The first-order chi connectivity index (χ1) is 16.9. The second-order valence-corrected chi connectivity index (χ2v) is 12.8. The third-order valence-corrected chi connectivity index (χ3v) is 8.42. The molecule has 3 aromatic rings. The van der Waals surface area contributed by atoms with Crippen LogP contribution in [-0.4, -0.2) is 48.2 Å². The van der Waals surface area contributed by atoms with Crippen molar-refractivity contribution < 1.29 is 23.1 Å². The summed E-state index contributed by atoms with van der Waals surface area (Å²) in [5, 5.41) is 10.6. The smallest absolute Gasteiger partial charge is 0.247 e. The highest BCUT2D eigenvalue weighted by Crippen LogP contribution is 2.46. The van der Waals surface area contributed by atoms with Crippen LogP contribution in [0.3, 0.4) is 0 Å². The van der Waals surface area contributed by atoms with Crippen molar-refractivity contribution in [2.75, 3.05) is 16.8 Å². The third-order valence-electron chi connectivity index (χ3n) is 6.64. The monoisotopic (exact) mass is 516 g/mol. The van der Waals surface area contributed by atoms with Gasteiger partial charge in [-0.15, -0.1) is 0 Å². The summed E-state index contributed by atoms with van der Waals surface area (Å²) >= 11 is 0. The summed E-state index contributed by atoms with van der Waals surface area (Å²) in [6.07, 6.45) is 2.39. The number of aromatic nitrogens is 2. The van der Waals surface area contributed by atoms with Crippen molar-refractivity contribution >= 4 is 39.0 Å². The van der Waals surface area contributed by atoms with Gasteiger partial charge in [-0.05, 0) is 47.9 Å². The fourth-order valence-corrected chi connectivity index (χ4v) is 6.02. The molecule has 1 aliphatic rings. The standard InChI is InChI=1S/C26H33FN4O4S/c1-26(2,3)19-8-9-21(20(27)14-19)29-25(33)24(17-10-12-36(34,35)13-11-17)30-23(32)16-31-22-7-5-4-6-18(22)15-28-31/h4-9,14-15,17,24,34-35H,10-13,16H2,1-3H3,(H,29,33)(H,30,32). The number of halogens is 1. The number of fused-ring (bicyclic) bond motifs is 1. The Hall–Kier alpha value is -2.95. The number of rotatable bonds is 6. The normalized spacial score (nSPS) is 17.9. The number of amides is 2. The minimum Gasteiger partial charge on any atom is -0.342 e. The summed E-state index contributed by atoms with van der Waals surface area (Å²) in [5.41, 5.74) is 1.38. The quantitative estimate of drug-likeness (QED) is 0.377. The summed E-state index contributed by atoms with van der Waals surface area (Å²) in [5.74, 6) is -1.50. The predicted octanol–water partition coefficient (Wildman–Crippen LogP) is 4.76. The van der Waals surface area contributed by atoms with Crippen LogP contribution in [0.1, 0.15) is 39.2 Å². The van der Waals surface area contributed by atoms with E-state index in [4.69, 9.17) is 0 Å². The molecule has 1 fully saturated rings. The van der Waals surface area contributed by atoms with Crippen LogP contribution in [0.2, 0.25) is 0 Å². The summed E-state index contributed by atoms with van der Waals surface area (Å²) in [7, 11) is -2.67. The lowest BCUT2D eigenvalue weighted by molar-refractivity contribution is -0.128. The molecule has 4 rings (SSSR count). The van der Waals surface area contributed by atoms with Gasteiger partial charge in [-0.1, -0.05) is 45.0 Å². The second kappa shape index (κ2) is 10.2. The van der Waals surface area contributed by atoms with Crippen molar-refractivity contribution in [2.45, 2.75) is 51.6 Å². The Morgan fingerprint density at radius 2 is 1.86 bits per heavy atom. The molecule has 1 unspecified atom stereocenters. The number of nitrogens with zero attached hydrogens (tertiary/aromatic N) is 2. The Kier molecular flexibility index (Phi) is 7.40. The van der Waals surface area contributed by atoms with Crippen LogP contribution in [-0.2, 0) is 21.5 Å². The van der Waals surface area contributed by atoms with E-state index in [9.17, 15) is 23.1 Å². The van der Waals surface area contributed by atoms with E-state index >= 15 is 0 Å². The van der Waals surface area contributed by atoms with Crippen molar-refractivity contribution in [1.82, 2.24) is 15.1 Å². The van der Waals surface area contributed by atoms with E-state index in [0.29, 0.717) is 12.8 Å². The highest BCUT2D eigenvalue weighted by Gasteiger charge is 2.35. The molecule has 1 aromatic heterocycles. The van der Waals surface area contributed by atoms with Crippen molar-refractivity contribution in [3.63, 3.8) is 0 Å². The largest absolute Gasteiger partial charge is 0.342 e. The number of benzene rings is 2. The fourth-order valence-electron chi connectivity index (χ4n) is 4.46. The van der Waals surface area contributed by atoms with E-state index in [1.54, 1.807) is 16.9 Å². The molecule has 8 nitrogen and oxygen atoms in total. The van der Waals surface area contributed by atoms with Crippen LogP contribution < -0.4 is 10.6 Å². The lowest BCUT2D eigenvalue weighted by Gasteiger charge is -2.41. The zero-order valence-corrected chi connectivity index (χ0v) is 21.5. The summed E-state index contributed by atoms with van der Waals surface area (Å²) in [4.78, 5) is 26.3. The molecular formula is C26H33FN4O4S. The number of hydrogen-bond donors (Lipinski definition) is 4. The number of para-hydroxylation sites is 1. The van der Waals surface area contributed by atoms with Crippen LogP contribution >= 0.6 is 10.6 Å². The molecule has 0 spiro atoms. The minimum absolute atomic E-state index is 0.0328. The van der Waals surface area contributed by atoms with Gasteiger partial charge in [0, 0.05) is 16.9 Å². The van der Waals surface area contributed by atoms with Crippen LogP contribution in [0.25, 0.3) is 10.9 Å². The lowest BCUT2D eigenvalue weighted by atomic mass is 9.87. The Bertz CT molecular complexity index is 1260. The number of anilines is 1. The third kappa shape index (κ3) is 6.05. The molecule has 1 saturated heterocycles. The maximum absolute atomic E-state index is 14.8. The van der Waals surface area contributed by atoms with Gasteiger partial charge in [0.05, 0.1) is 17.4 Å². The molecule has 2 amide bonds. The average Bonchev–Trinajstić information content (AvgIpc) is 3.21. The van der Waals surface area contributed by atoms with Gasteiger partial charge in [-0.25, -0.2) is 4.39 Å². The Labute approximate surface area is 211 Å². The molecule has 10 heteroatoms. The molecule has 36 heavy (non-hydrogen) atoms. The topological polar surface area (TPSA) is 116 Å². The molecule has 1 aliphatic heterocycles. The molecule has 0 saturated carbocycles. The number of hydrogen-bond acceptors (Lipinski definition) is 5. The number of nitrogens with one attached hydrogen (secondary N) is 2. The van der Waals surface area contributed by atoms with Gasteiger partial charge >= 0.3 is 0 Å². The molecular weight excluding hydrogens is 483 g/mol. The van der Waals surface area contributed by atoms with Gasteiger partial charge in [0.2, 0.25) is 11.8 Å². The first-order valence-corrected chi connectivity index (χ1v) is 13.9. The van der Waals surface area contributed by atoms with Crippen LogP contribution in [0.5, 0.6) is 0 Å². The molecule has 194 valence electrons. The second-order valence-electron chi connectivity index (χ2n) is 10.4. The Balaban J connectivity index is 1.52. The van der Waals surface area contributed by atoms with Crippen LogP contribution in [0.4, 0.5) is 10.1 Å². The highest BCUT2D eigenvalue weighted by atomic mass is 32.3. The van der Waals surface area contributed by atoms with Crippen molar-refractivity contribution in [3.05, 3.63) is 60.0 Å². The summed E-state index contributed by atoms with van der Waals surface area (Å²) in [6, 6.07) is 11.2. The molecule has 2 heterocycles. The maximum Gasteiger partial charge on any atom is 0.247 e. The Morgan fingerprint density at radius 1 is 1.17 bits per heavy atom. The van der Waals surface area contributed by atoms with Crippen molar-refractivity contribution in [1.29, 1.82) is 0 Å². The maximum atomic E-state index is 14.8. The lowest BCUT2D eigenvalue weighted by Crippen LogP contribution is -2.51. The molecule has 4 N–H and O–H groups in total. The Morgan fingerprint density at radius 3 is 2.53 bits per heavy atom. The SMILES string of the molecule is CC(C)(C)c1ccc(NC(=O)C(NC(=O)Cn2ncc3ccccc32)C2CCS(O)(O)CC2)c(F)c1. The van der Waals surface area contributed by atoms with E-state index in [1.807, 2.05) is 45.0 Å². The van der Waals surface area contributed by atoms with E-state index in [2.05, 4.69) is 15.7 Å². The van der Waals surface area contributed by atoms with Crippen molar-refractivity contribution in [3.8, 4) is 0 Å². The van der Waals surface area contributed by atoms with E-state index in [0.717, 1.165) is 16.5 Å². The minimum atomic E-state index is -2.67. The van der Waals surface area contributed by atoms with Gasteiger partial charge in [0.1, 0.15) is 18.4 Å². The number of carbonyl (C=O) groups is 2. The zero-order chi connectivity index (χ0) is 26.1. The summed E-state index contributed by atoms with van der Waals surface area (Å²) < 4.78 is 36.4. The molecule has 0 radical (unpaired) electrons. The average molecular weight is 517 g/mol. The zero-order valence-electron chi connectivity index (χ0n) is 20.7. The summed E-state index contributed by atoms with van der Waals surface area (Å²) in [6.45, 7) is 5.83. The predicted molar refractivity (Wildman–Crippen MR) is 141 cm³/mol. The van der Waals surface area contributed by atoms with Crippen LogP contribution in [0.15, 0.2) is 48.7 Å². The van der Waals surface area contributed by atoms with Gasteiger partial charge < -0.3 is 10.6 Å². The fraction of sp³-hybridized carbons (Fsp3) is 0.423. The van der Waals surface area contributed by atoms with E-state index in [-0.39, 0.29) is 35.1 Å².